The highest BCUT2D eigenvalue weighted by atomic mass is 79.9. The monoisotopic (exact) mass is 594 g/mol. The molecule has 4 heteroatoms. The van der Waals surface area contributed by atoms with Crippen LogP contribution < -0.4 is 0 Å². The Kier molecular flexibility index (Phi) is 17.2. The summed E-state index contributed by atoms with van der Waals surface area (Å²) < 4.78 is 0. The SMILES string of the molecule is CC(C)(C)C(CCBr)CC(Br)CC(Br)CCCCCCCCCBr. The molecule has 0 saturated carbocycles. The molecule has 0 aromatic rings. The van der Waals surface area contributed by atoms with Gasteiger partial charge in [-0.15, -0.1) is 0 Å². The Bertz CT molecular complexity index is 275. The van der Waals surface area contributed by atoms with Gasteiger partial charge in [-0.3, -0.25) is 0 Å². The van der Waals surface area contributed by atoms with Crippen LogP contribution in [0, 0.1) is 11.3 Å². The molecule has 0 nitrogen and oxygen atoms in total. The van der Waals surface area contributed by atoms with E-state index in [2.05, 4.69) is 84.5 Å². The average Bonchev–Trinajstić information content (AvgIpc) is 2.48. The third kappa shape index (κ3) is 15.0. The van der Waals surface area contributed by atoms with Crippen LogP contribution in [-0.4, -0.2) is 20.3 Å². The number of unbranched alkanes of at least 4 members (excludes halogenated alkanes) is 6. The van der Waals surface area contributed by atoms with E-state index in [1.54, 1.807) is 0 Å². The largest absolute Gasteiger partial charge is 0.0928 e. The van der Waals surface area contributed by atoms with Gasteiger partial charge in [0.1, 0.15) is 0 Å². The summed E-state index contributed by atoms with van der Waals surface area (Å²) in [6, 6.07) is 0. The van der Waals surface area contributed by atoms with Crippen molar-refractivity contribution >= 4 is 63.7 Å². The lowest BCUT2D eigenvalue weighted by atomic mass is 9.76. The van der Waals surface area contributed by atoms with E-state index in [-0.39, 0.29) is 0 Å². The summed E-state index contributed by atoms with van der Waals surface area (Å²) in [6.07, 6.45) is 14.9. The Morgan fingerprint density at radius 2 is 1.17 bits per heavy atom. The van der Waals surface area contributed by atoms with Crippen molar-refractivity contribution in [3.05, 3.63) is 0 Å². The van der Waals surface area contributed by atoms with Crippen molar-refractivity contribution in [2.24, 2.45) is 11.3 Å². The van der Waals surface area contributed by atoms with Crippen LogP contribution in [0.3, 0.4) is 0 Å². The summed E-state index contributed by atoms with van der Waals surface area (Å²) in [6.45, 7) is 7.14. The van der Waals surface area contributed by atoms with Crippen molar-refractivity contribution in [3.63, 3.8) is 0 Å². The second kappa shape index (κ2) is 15.9. The fraction of sp³-hybridized carbons (Fsp3) is 1.00. The number of halogens is 4. The zero-order valence-electron chi connectivity index (χ0n) is 15.9. The summed E-state index contributed by atoms with van der Waals surface area (Å²) in [5.74, 6) is 0.778. The normalized spacial score (nSPS) is 16.1. The van der Waals surface area contributed by atoms with E-state index >= 15 is 0 Å². The highest BCUT2D eigenvalue weighted by Gasteiger charge is 2.26. The molecule has 24 heavy (non-hydrogen) atoms. The van der Waals surface area contributed by atoms with Gasteiger partial charge in [-0.2, -0.15) is 0 Å². The maximum absolute atomic E-state index is 3.95. The first-order valence-corrected chi connectivity index (χ1v) is 13.8. The molecule has 146 valence electrons. The molecule has 0 saturated heterocycles. The van der Waals surface area contributed by atoms with Gasteiger partial charge in [0.25, 0.3) is 0 Å². The van der Waals surface area contributed by atoms with E-state index < -0.39 is 0 Å². The molecule has 0 amide bonds. The van der Waals surface area contributed by atoms with E-state index in [1.807, 2.05) is 0 Å². The Morgan fingerprint density at radius 3 is 1.67 bits per heavy atom. The molecule has 0 aliphatic heterocycles. The number of hydrogen-bond donors (Lipinski definition) is 0. The molecule has 0 fully saturated rings. The van der Waals surface area contributed by atoms with E-state index in [4.69, 9.17) is 0 Å². The van der Waals surface area contributed by atoms with Crippen molar-refractivity contribution in [2.75, 3.05) is 10.7 Å². The Hall–Kier alpha value is 1.92. The first kappa shape index (κ1) is 25.9. The molecule has 0 aromatic carbocycles. The van der Waals surface area contributed by atoms with Gasteiger partial charge in [-0.05, 0) is 43.4 Å². The molecule has 0 aromatic heterocycles. The second-order valence-corrected chi connectivity index (χ2v) is 12.3. The summed E-state index contributed by atoms with van der Waals surface area (Å²) in [5.41, 5.74) is 0.399. The standard InChI is InChI=1S/C20H38Br4/c1-20(2,3)17(12-14-22)15-19(24)16-18(23)11-9-7-5-4-6-8-10-13-21/h17-19H,4-16H2,1-3H3. The number of rotatable bonds is 15. The molecule has 0 radical (unpaired) electrons. The minimum Gasteiger partial charge on any atom is -0.0928 e. The third-order valence-electron chi connectivity index (χ3n) is 4.89. The predicted octanol–water partition coefficient (Wildman–Crippen LogP) is 9.26. The Balaban J connectivity index is 3.79. The fourth-order valence-electron chi connectivity index (χ4n) is 3.18. The predicted molar refractivity (Wildman–Crippen MR) is 127 cm³/mol. The number of alkyl halides is 4. The topological polar surface area (TPSA) is 0 Å². The average molecular weight is 598 g/mol. The van der Waals surface area contributed by atoms with Crippen molar-refractivity contribution in [3.8, 4) is 0 Å². The molecule has 0 aliphatic carbocycles. The van der Waals surface area contributed by atoms with Crippen LogP contribution in [0.4, 0.5) is 0 Å². The van der Waals surface area contributed by atoms with E-state index in [0.717, 1.165) is 16.6 Å². The van der Waals surface area contributed by atoms with Gasteiger partial charge in [-0.25, -0.2) is 0 Å². The van der Waals surface area contributed by atoms with E-state index in [0.29, 0.717) is 15.1 Å². The lowest BCUT2D eigenvalue weighted by Crippen LogP contribution is -2.25. The summed E-state index contributed by atoms with van der Waals surface area (Å²) in [5, 5.41) is 2.28. The van der Waals surface area contributed by atoms with Crippen LogP contribution in [-0.2, 0) is 0 Å². The first-order chi connectivity index (χ1) is 11.3. The highest BCUT2D eigenvalue weighted by Crippen LogP contribution is 2.36. The zero-order valence-corrected chi connectivity index (χ0v) is 22.3. The molecule has 3 unspecified atom stereocenters. The van der Waals surface area contributed by atoms with E-state index in [1.165, 1.54) is 70.6 Å². The molecular formula is C20H38Br4. The smallest absolute Gasteiger partial charge is 0.0159 e. The van der Waals surface area contributed by atoms with Crippen LogP contribution in [0.5, 0.6) is 0 Å². The maximum Gasteiger partial charge on any atom is 0.0159 e. The highest BCUT2D eigenvalue weighted by molar-refractivity contribution is 9.10. The van der Waals surface area contributed by atoms with Crippen molar-refractivity contribution in [2.45, 2.75) is 101 Å². The summed E-state index contributed by atoms with van der Waals surface area (Å²) >= 11 is 15.0. The van der Waals surface area contributed by atoms with Crippen molar-refractivity contribution < 1.29 is 0 Å². The van der Waals surface area contributed by atoms with Gasteiger partial charge in [0.2, 0.25) is 0 Å². The van der Waals surface area contributed by atoms with Crippen LogP contribution in [0.2, 0.25) is 0 Å². The second-order valence-electron chi connectivity index (χ2n) is 8.16. The zero-order chi connectivity index (χ0) is 18.4. The van der Waals surface area contributed by atoms with Gasteiger partial charge in [0.15, 0.2) is 0 Å². The lowest BCUT2D eigenvalue weighted by Gasteiger charge is -2.32. The third-order valence-corrected chi connectivity index (χ3v) is 7.48. The van der Waals surface area contributed by atoms with Crippen molar-refractivity contribution in [1.82, 2.24) is 0 Å². The van der Waals surface area contributed by atoms with Gasteiger partial charge >= 0.3 is 0 Å². The minimum absolute atomic E-state index is 0.399. The van der Waals surface area contributed by atoms with Gasteiger partial charge in [0, 0.05) is 20.3 Å². The molecule has 0 heterocycles. The molecule has 0 rings (SSSR count). The maximum atomic E-state index is 3.95. The first-order valence-electron chi connectivity index (χ1n) is 9.71. The van der Waals surface area contributed by atoms with Gasteiger partial charge < -0.3 is 0 Å². The van der Waals surface area contributed by atoms with E-state index in [9.17, 15) is 0 Å². The molecule has 3 atom stereocenters. The molecule has 0 aliphatic rings. The molecule has 0 N–H and O–H groups in total. The molecular weight excluding hydrogens is 560 g/mol. The molecule has 0 bridgehead atoms. The summed E-state index contributed by atoms with van der Waals surface area (Å²) in [7, 11) is 0. The van der Waals surface area contributed by atoms with Gasteiger partial charge in [0.05, 0.1) is 0 Å². The lowest BCUT2D eigenvalue weighted by molar-refractivity contribution is 0.218. The van der Waals surface area contributed by atoms with Crippen LogP contribution in [0.1, 0.15) is 91.4 Å². The Morgan fingerprint density at radius 1 is 0.625 bits per heavy atom. The van der Waals surface area contributed by atoms with Crippen LogP contribution in [0.25, 0.3) is 0 Å². The van der Waals surface area contributed by atoms with Gasteiger partial charge in [-0.1, -0.05) is 123 Å². The van der Waals surface area contributed by atoms with Crippen molar-refractivity contribution in [1.29, 1.82) is 0 Å². The summed E-state index contributed by atoms with van der Waals surface area (Å²) in [4.78, 5) is 1.30. The minimum atomic E-state index is 0.399. The Labute approximate surface area is 185 Å². The van der Waals surface area contributed by atoms with Crippen LogP contribution in [0.15, 0.2) is 0 Å². The fourth-order valence-corrected chi connectivity index (χ4v) is 6.31. The number of hydrogen-bond acceptors (Lipinski definition) is 0. The van der Waals surface area contributed by atoms with Crippen LogP contribution >= 0.6 is 63.7 Å². The quantitative estimate of drug-likeness (QED) is 0.130. The molecule has 0 spiro atoms.